The maximum Gasteiger partial charge on any atom is 0.0714 e. The average molecular weight is 666 g/mol. The molecule has 0 fully saturated rings. The van der Waals surface area contributed by atoms with Crippen LogP contribution in [0.1, 0.15) is 42.4 Å². The molecule has 0 saturated heterocycles. The van der Waals surface area contributed by atoms with E-state index in [4.69, 9.17) is 4.98 Å². The van der Waals surface area contributed by atoms with Crippen molar-refractivity contribution in [2.75, 3.05) is 0 Å². The lowest BCUT2D eigenvalue weighted by atomic mass is 9.68. The Balaban J connectivity index is 1.11. The summed E-state index contributed by atoms with van der Waals surface area (Å²) >= 11 is 0. The van der Waals surface area contributed by atoms with Gasteiger partial charge >= 0.3 is 0 Å². The summed E-state index contributed by atoms with van der Waals surface area (Å²) in [5, 5.41) is 7.91. The number of aromatic nitrogens is 1. The summed E-state index contributed by atoms with van der Waals surface area (Å²) in [7, 11) is 0. The summed E-state index contributed by atoms with van der Waals surface area (Å²) < 4.78 is 0. The van der Waals surface area contributed by atoms with E-state index in [1.54, 1.807) is 0 Å². The van der Waals surface area contributed by atoms with Crippen LogP contribution in [0, 0.1) is 11.8 Å². The topological polar surface area (TPSA) is 12.9 Å². The highest BCUT2D eigenvalue weighted by Gasteiger charge is 2.33. The van der Waals surface area contributed by atoms with Gasteiger partial charge in [-0.25, -0.2) is 0 Å². The van der Waals surface area contributed by atoms with Gasteiger partial charge in [0.05, 0.1) is 5.69 Å². The molecule has 0 amide bonds. The molecule has 1 heterocycles. The third kappa shape index (κ3) is 5.19. The first-order chi connectivity index (χ1) is 25.8. The Hall–Kier alpha value is -6.05. The Morgan fingerprint density at radius 3 is 1.94 bits per heavy atom. The number of benzene rings is 5. The fraction of sp³-hybridized carbons (Fsp3) is 0.118. The standard InChI is InChI=1S/C51H39N/c1-2-13-35(14-3-1)40-29-30-48(42-19-7-6-18-41(40)42)51-46-22-10-8-20-44(46)50(45-21-9-11-23-47(45)51)37-27-25-34(26-28-37)38-31-32-52-49(33-38)43-24-12-16-36-15-4-5-17-39(36)43/h1-2,4-13,15-25,27,29-33,44,46H,3,14,26,28H2. The van der Waals surface area contributed by atoms with Crippen LogP contribution >= 0.6 is 0 Å². The molecule has 0 spiro atoms. The summed E-state index contributed by atoms with van der Waals surface area (Å²) in [6, 6.07) is 42.5. The normalized spacial score (nSPS) is 19.3. The number of allylic oxidation sites excluding steroid dienone is 12. The number of hydrogen-bond donors (Lipinski definition) is 0. The van der Waals surface area contributed by atoms with Crippen molar-refractivity contribution in [2.45, 2.75) is 25.7 Å². The smallest absolute Gasteiger partial charge is 0.0714 e. The van der Waals surface area contributed by atoms with Crippen LogP contribution in [0.2, 0.25) is 0 Å². The van der Waals surface area contributed by atoms with Crippen molar-refractivity contribution in [3.05, 3.63) is 209 Å². The molecule has 0 aliphatic heterocycles. The van der Waals surface area contributed by atoms with E-state index in [1.165, 1.54) is 82.1 Å². The maximum atomic E-state index is 4.82. The van der Waals surface area contributed by atoms with Gasteiger partial charge in [0.25, 0.3) is 0 Å². The van der Waals surface area contributed by atoms with Crippen molar-refractivity contribution in [1.82, 2.24) is 4.98 Å². The number of fused-ring (bicyclic) bond motifs is 4. The number of nitrogens with zero attached hydrogens (tertiary/aromatic N) is 1. The van der Waals surface area contributed by atoms with Gasteiger partial charge in [0.1, 0.15) is 0 Å². The Bertz CT molecular complexity index is 2740. The number of rotatable bonds is 5. The van der Waals surface area contributed by atoms with Crippen molar-refractivity contribution in [3.8, 4) is 11.3 Å². The summed E-state index contributed by atoms with van der Waals surface area (Å²) in [6.45, 7) is 0. The second-order valence-electron chi connectivity index (χ2n) is 14.4. The first kappa shape index (κ1) is 30.7. The Morgan fingerprint density at radius 1 is 0.481 bits per heavy atom. The average Bonchev–Trinajstić information content (AvgIpc) is 3.23. The second-order valence-corrected chi connectivity index (χ2v) is 14.4. The van der Waals surface area contributed by atoms with E-state index < -0.39 is 0 Å². The molecule has 4 aliphatic carbocycles. The van der Waals surface area contributed by atoms with E-state index in [2.05, 4.69) is 170 Å². The molecule has 0 N–H and O–H groups in total. The largest absolute Gasteiger partial charge is 0.256 e. The van der Waals surface area contributed by atoms with Crippen molar-refractivity contribution in [2.24, 2.45) is 11.8 Å². The van der Waals surface area contributed by atoms with Gasteiger partial charge in [-0.1, -0.05) is 158 Å². The van der Waals surface area contributed by atoms with Crippen LogP contribution in [0.25, 0.3) is 55.1 Å². The molecular weight excluding hydrogens is 627 g/mol. The van der Waals surface area contributed by atoms with Gasteiger partial charge < -0.3 is 0 Å². The molecule has 0 saturated carbocycles. The van der Waals surface area contributed by atoms with Crippen LogP contribution in [-0.2, 0) is 0 Å². The maximum absolute atomic E-state index is 4.82. The molecular formula is C51H39N. The van der Waals surface area contributed by atoms with E-state index >= 15 is 0 Å². The van der Waals surface area contributed by atoms with Crippen LogP contribution in [0.4, 0.5) is 0 Å². The van der Waals surface area contributed by atoms with Gasteiger partial charge in [-0.2, -0.15) is 0 Å². The van der Waals surface area contributed by atoms with Gasteiger partial charge in [-0.3, -0.25) is 4.98 Å². The van der Waals surface area contributed by atoms with E-state index in [-0.39, 0.29) is 11.8 Å². The van der Waals surface area contributed by atoms with Gasteiger partial charge in [0.15, 0.2) is 0 Å². The minimum absolute atomic E-state index is 0.260. The van der Waals surface area contributed by atoms with Gasteiger partial charge in [0.2, 0.25) is 0 Å². The summed E-state index contributed by atoms with van der Waals surface area (Å²) in [4.78, 5) is 4.82. The molecule has 2 atom stereocenters. The number of pyridine rings is 1. The predicted molar refractivity (Wildman–Crippen MR) is 220 cm³/mol. The van der Waals surface area contributed by atoms with Crippen LogP contribution < -0.4 is 10.4 Å². The fourth-order valence-electron chi connectivity index (χ4n) is 9.15. The van der Waals surface area contributed by atoms with Crippen LogP contribution in [-0.4, -0.2) is 4.98 Å². The van der Waals surface area contributed by atoms with Crippen molar-refractivity contribution in [3.63, 3.8) is 0 Å². The highest BCUT2D eigenvalue weighted by molar-refractivity contribution is 6.02. The molecule has 2 unspecified atom stereocenters. The third-order valence-electron chi connectivity index (χ3n) is 11.6. The first-order valence-corrected chi connectivity index (χ1v) is 18.7. The molecule has 1 nitrogen and oxygen atoms in total. The lowest BCUT2D eigenvalue weighted by Crippen LogP contribution is -2.40. The van der Waals surface area contributed by atoms with Crippen molar-refractivity contribution < 1.29 is 0 Å². The highest BCUT2D eigenvalue weighted by atomic mass is 14.7. The van der Waals surface area contributed by atoms with E-state index in [1.807, 2.05) is 6.20 Å². The molecule has 0 radical (unpaired) electrons. The van der Waals surface area contributed by atoms with Crippen LogP contribution in [0.15, 0.2) is 182 Å². The summed E-state index contributed by atoms with van der Waals surface area (Å²) in [6.07, 6.45) is 27.2. The minimum atomic E-state index is 0.260. The first-order valence-electron chi connectivity index (χ1n) is 18.7. The van der Waals surface area contributed by atoms with Gasteiger partial charge in [-0.15, -0.1) is 0 Å². The monoisotopic (exact) mass is 665 g/mol. The zero-order valence-corrected chi connectivity index (χ0v) is 29.2. The lowest BCUT2D eigenvalue weighted by molar-refractivity contribution is 0.680. The lowest BCUT2D eigenvalue weighted by Gasteiger charge is -2.35. The Kier molecular flexibility index (Phi) is 7.64. The molecule has 52 heavy (non-hydrogen) atoms. The quantitative estimate of drug-likeness (QED) is 0.179. The molecule has 4 aliphatic rings. The third-order valence-corrected chi connectivity index (χ3v) is 11.6. The molecule has 6 aromatic rings. The predicted octanol–water partition coefficient (Wildman–Crippen LogP) is 11.3. The minimum Gasteiger partial charge on any atom is -0.256 e. The highest BCUT2D eigenvalue weighted by Crippen LogP contribution is 2.45. The molecule has 1 heteroatoms. The zero-order valence-electron chi connectivity index (χ0n) is 29.2. The van der Waals surface area contributed by atoms with Crippen LogP contribution in [0.5, 0.6) is 0 Å². The van der Waals surface area contributed by atoms with E-state index in [9.17, 15) is 0 Å². The fourth-order valence-corrected chi connectivity index (χ4v) is 9.15. The summed E-state index contributed by atoms with van der Waals surface area (Å²) in [5.41, 5.74) is 13.4. The molecule has 10 rings (SSSR count). The second kappa shape index (κ2) is 12.9. The van der Waals surface area contributed by atoms with E-state index in [0.717, 1.165) is 31.4 Å². The van der Waals surface area contributed by atoms with Gasteiger partial charge in [0, 0.05) is 23.6 Å². The SMILES string of the molecule is C1=CCCC(c2ccc(C3=c4ccccc4=C(C4=CC=C(c5ccnc(-c6cccc7ccccc67)c5)CC4)C4C=CC=CC34)c3ccccc23)=C1. The van der Waals surface area contributed by atoms with E-state index in [0.29, 0.717) is 0 Å². The summed E-state index contributed by atoms with van der Waals surface area (Å²) in [5.74, 6) is 0.537. The van der Waals surface area contributed by atoms with Crippen LogP contribution in [0.3, 0.4) is 0 Å². The Labute approximate surface area is 305 Å². The molecule has 1 aromatic heterocycles. The van der Waals surface area contributed by atoms with Crippen molar-refractivity contribution >= 4 is 43.8 Å². The molecule has 5 aromatic carbocycles. The molecule has 248 valence electrons. The van der Waals surface area contributed by atoms with Gasteiger partial charge in [-0.05, 0) is 114 Å². The molecule has 0 bridgehead atoms. The number of hydrogen-bond acceptors (Lipinski definition) is 1. The van der Waals surface area contributed by atoms with Crippen molar-refractivity contribution in [1.29, 1.82) is 0 Å². The Morgan fingerprint density at radius 2 is 1.15 bits per heavy atom. The zero-order chi connectivity index (χ0) is 34.4.